The second-order valence-electron chi connectivity index (χ2n) is 4.34. The fraction of sp³-hybridized carbons (Fsp3) is 0.900. The van der Waals surface area contributed by atoms with E-state index in [0.717, 1.165) is 0 Å². The van der Waals surface area contributed by atoms with Crippen LogP contribution in [-0.2, 0) is 9.84 Å². The Kier molecular flexibility index (Phi) is 5.94. The summed E-state index contributed by atoms with van der Waals surface area (Å²) >= 11 is 0. The van der Waals surface area contributed by atoms with E-state index < -0.39 is 15.4 Å². The number of nitriles is 1. The molecule has 0 radical (unpaired) electrons. The molecular formula is C10H21N3O2S. The highest BCUT2D eigenvalue weighted by molar-refractivity contribution is 7.90. The van der Waals surface area contributed by atoms with E-state index in [1.165, 1.54) is 6.26 Å². The van der Waals surface area contributed by atoms with Crippen LogP contribution in [0.1, 0.15) is 13.8 Å². The van der Waals surface area contributed by atoms with Gasteiger partial charge in [0.25, 0.3) is 0 Å². The van der Waals surface area contributed by atoms with Crippen molar-refractivity contribution < 1.29 is 8.42 Å². The highest BCUT2D eigenvalue weighted by Crippen LogP contribution is 2.04. The summed E-state index contributed by atoms with van der Waals surface area (Å²) in [6, 6.07) is 2.21. The van der Waals surface area contributed by atoms with Gasteiger partial charge in [0.05, 0.1) is 11.8 Å². The van der Waals surface area contributed by atoms with Crippen LogP contribution in [0.5, 0.6) is 0 Å². The van der Waals surface area contributed by atoms with Crippen LogP contribution in [-0.4, -0.2) is 57.5 Å². The maximum atomic E-state index is 11.0. The van der Waals surface area contributed by atoms with Crippen molar-refractivity contribution >= 4 is 9.84 Å². The van der Waals surface area contributed by atoms with Crippen molar-refractivity contribution in [3.05, 3.63) is 0 Å². The average molecular weight is 247 g/mol. The van der Waals surface area contributed by atoms with Gasteiger partial charge in [0.2, 0.25) is 0 Å². The topological polar surface area (TPSA) is 73.2 Å². The predicted octanol–water partition coefficient (Wildman–Crippen LogP) is -0.145. The van der Waals surface area contributed by atoms with E-state index in [1.54, 1.807) is 0 Å². The third kappa shape index (κ3) is 6.77. The molecule has 16 heavy (non-hydrogen) atoms. The molecule has 0 aliphatic rings. The van der Waals surface area contributed by atoms with Crippen LogP contribution in [0.4, 0.5) is 0 Å². The van der Waals surface area contributed by atoms with Crippen LogP contribution in [0.2, 0.25) is 0 Å². The lowest BCUT2D eigenvalue weighted by atomic mass is 10.0. The first kappa shape index (κ1) is 15.4. The Labute approximate surface area is 98.4 Å². The Bertz CT molecular complexity index is 348. The molecule has 0 bridgehead atoms. The van der Waals surface area contributed by atoms with Crippen LogP contribution in [0.3, 0.4) is 0 Å². The molecular weight excluding hydrogens is 226 g/mol. The number of rotatable bonds is 7. The van der Waals surface area contributed by atoms with Crippen LogP contribution in [0.25, 0.3) is 0 Å². The van der Waals surface area contributed by atoms with E-state index >= 15 is 0 Å². The molecule has 0 heterocycles. The zero-order chi connectivity index (χ0) is 12.8. The van der Waals surface area contributed by atoms with Crippen molar-refractivity contribution in [2.24, 2.45) is 0 Å². The maximum absolute atomic E-state index is 11.0. The maximum Gasteiger partial charge on any atom is 0.148 e. The Hall–Kier alpha value is -0.640. The summed E-state index contributed by atoms with van der Waals surface area (Å²) < 4.78 is 22.0. The first-order valence-electron chi connectivity index (χ1n) is 5.25. The second-order valence-corrected chi connectivity index (χ2v) is 6.60. The highest BCUT2D eigenvalue weighted by atomic mass is 32.2. The van der Waals surface area contributed by atoms with Gasteiger partial charge in [0.15, 0.2) is 0 Å². The van der Waals surface area contributed by atoms with E-state index in [9.17, 15) is 8.42 Å². The van der Waals surface area contributed by atoms with Gasteiger partial charge in [-0.1, -0.05) is 6.92 Å². The summed E-state index contributed by atoms with van der Waals surface area (Å²) in [6.45, 7) is 5.41. The van der Waals surface area contributed by atoms with Crippen molar-refractivity contribution in [2.45, 2.75) is 19.4 Å². The molecule has 0 amide bonds. The molecule has 0 aliphatic carbocycles. The zero-order valence-electron chi connectivity index (χ0n) is 10.4. The van der Waals surface area contributed by atoms with Gasteiger partial charge in [-0.15, -0.1) is 0 Å². The van der Waals surface area contributed by atoms with Crippen LogP contribution >= 0.6 is 0 Å². The van der Waals surface area contributed by atoms with Crippen LogP contribution in [0, 0.1) is 11.3 Å². The number of likely N-dealkylation sites (N-methyl/N-ethyl adjacent to an activating group) is 2. The quantitative estimate of drug-likeness (QED) is 0.677. The number of nitrogens with one attached hydrogen (secondary N) is 1. The highest BCUT2D eigenvalue weighted by Gasteiger charge is 2.24. The molecule has 1 atom stereocenters. The first-order chi connectivity index (χ1) is 7.22. The number of hydrogen-bond acceptors (Lipinski definition) is 5. The molecule has 1 N–H and O–H groups in total. The zero-order valence-corrected chi connectivity index (χ0v) is 11.3. The largest absolute Gasteiger partial charge is 0.302 e. The van der Waals surface area contributed by atoms with Gasteiger partial charge in [-0.3, -0.25) is 5.32 Å². The summed E-state index contributed by atoms with van der Waals surface area (Å²) in [5.41, 5.74) is -0.624. The number of sulfone groups is 1. The van der Waals surface area contributed by atoms with E-state index in [-0.39, 0.29) is 5.75 Å². The van der Waals surface area contributed by atoms with Gasteiger partial charge < -0.3 is 4.90 Å². The van der Waals surface area contributed by atoms with Gasteiger partial charge in [-0.25, -0.2) is 8.42 Å². The van der Waals surface area contributed by atoms with Crippen LogP contribution < -0.4 is 5.32 Å². The summed E-state index contributed by atoms with van der Waals surface area (Å²) in [6.07, 6.45) is 1.22. The Morgan fingerprint density at radius 2 is 2.06 bits per heavy atom. The molecule has 1 unspecified atom stereocenters. The third-order valence-electron chi connectivity index (χ3n) is 2.24. The fourth-order valence-corrected chi connectivity index (χ4v) is 2.10. The molecule has 0 aliphatic heterocycles. The van der Waals surface area contributed by atoms with Gasteiger partial charge >= 0.3 is 0 Å². The van der Waals surface area contributed by atoms with Crippen molar-refractivity contribution in [2.75, 3.05) is 38.7 Å². The molecule has 0 aromatic rings. The van der Waals surface area contributed by atoms with Crippen LogP contribution in [0.15, 0.2) is 0 Å². The minimum atomic E-state index is -2.94. The lowest BCUT2D eigenvalue weighted by Gasteiger charge is -2.28. The Morgan fingerprint density at radius 3 is 2.44 bits per heavy atom. The summed E-state index contributed by atoms with van der Waals surface area (Å²) in [5.74, 6) is 0.122. The normalized spacial score (nSPS) is 15.8. The molecule has 0 saturated carbocycles. The second kappa shape index (κ2) is 6.18. The Balaban J connectivity index is 4.22. The summed E-state index contributed by atoms with van der Waals surface area (Å²) in [4.78, 5) is 1.85. The SMILES string of the molecule is CCNC(C)(C#N)CN(C)CCS(C)(=O)=O. The number of hydrogen-bond donors (Lipinski definition) is 1. The van der Waals surface area contributed by atoms with E-state index in [2.05, 4.69) is 11.4 Å². The minimum Gasteiger partial charge on any atom is -0.302 e. The fourth-order valence-electron chi connectivity index (χ4n) is 1.46. The molecule has 0 rings (SSSR count). The molecule has 5 nitrogen and oxygen atoms in total. The van der Waals surface area contributed by atoms with Gasteiger partial charge in [-0.2, -0.15) is 5.26 Å². The van der Waals surface area contributed by atoms with Gasteiger partial charge in [-0.05, 0) is 20.5 Å². The lowest BCUT2D eigenvalue weighted by Crippen LogP contribution is -2.50. The van der Waals surface area contributed by atoms with Crippen molar-refractivity contribution in [1.82, 2.24) is 10.2 Å². The van der Waals surface area contributed by atoms with E-state index in [0.29, 0.717) is 19.6 Å². The monoisotopic (exact) mass is 247 g/mol. The van der Waals surface area contributed by atoms with E-state index in [4.69, 9.17) is 5.26 Å². The van der Waals surface area contributed by atoms with Crippen molar-refractivity contribution in [3.8, 4) is 6.07 Å². The lowest BCUT2D eigenvalue weighted by molar-refractivity contribution is 0.274. The summed E-state index contributed by atoms with van der Waals surface area (Å²) in [7, 11) is -1.12. The van der Waals surface area contributed by atoms with Gasteiger partial charge in [0, 0.05) is 19.3 Å². The van der Waals surface area contributed by atoms with Crippen molar-refractivity contribution in [3.63, 3.8) is 0 Å². The predicted molar refractivity (Wildman–Crippen MR) is 64.9 cm³/mol. The number of nitrogens with zero attached hydrogens (tertiary/aromatic N) is 2. The Morgan fingerprint density at radius 1 is 1.50 bits per heavy atom. The molecule has 94 valence electrons. The van der Waals surface area contributed by atoms with Gasteiger partial charge in [0.1, 0.15) is 15.4 Å². The minimum absolute atomic E-state index is 0.122. The van der Waals surface area contributed by atoms with Crippen molar-refractivity contribution in [1.29, 1.82) is 5.26 Å². The standard InChI is InChI=1S/C10H21N3O2S/c1-5-12-10(2,8-11)9-13(3)6-7-16(4,14)15/h12H,5-7,9H2,1-4H3. The molecule has 0 saturated heterocycles. The third-order valence-corrected chi connectivity index (χ3v) is 3.17. The molecule has 0 spiro atoms. The average Bonchev–Trinajstić information content (AvgIpc) is 2.14. The molecule has 0 aromatic heterocycles. The van der Waals surface area contributed by atoms with E-state index in [1.807, 2.05) is 25.8 Å². The summed E-state index contributed by atoms with van der Waals surface area (Å²) in [5, 5.41) is 12.1. The molecule has 0 aromatic carbocycles. The smallest absolute Gasteiger partial charge is 0.148 e. The molecule has 0 fully saturated rings. The first-order valence-corrected chi connectivity index (χ1v) is 7.31. The molecule has 6 heteroatoms.